The minimum Gasteiger partial charge on any atom is -0.444 e. The number of hydrogen-bond donors (Lipinski definition) is 4. The first-order chi connectivity index (χ1) is 19.7. The Kier molecular flexibility index (Phi) is 10.6. The fourth-order valence-electron chi connectivity index (χ4n) is 5.79. The topological polar surface area (TPSA) is 171 Å². The summed E-state index contributed by atoms with van der Waals surface area (Å²) in [6, 6.07) is 6.20. The lowest BCUT2D eigenvalue weighted by atomic mass is 9.86. The van der Waals surface area contributed by atoms with Crippen molar-refractivity contribution in [2.45, 2.75) is 109 Å². The van der Waals surface area contributed by atoms with E-state index in [9.17, 15) is 29.1 Å². The summed E-state index contributed by atoms with van der Waals surface area (Å²) in [5.41, 5.74) is 4.17. The zero-order chi connectivity index (χ0) is 31.2. The molecule has 0 aromatic heterocycles. The maximum Gasteiger partial charge on any atom is 0.408 e. The molecule has 12 nitrogen and oxygen atoms in total. The van der Waals surface area contributed by atoms with Crippen molar-refractivity contribution >= 4 is 29.7 Å². The number of hydrogen-bond acceptors (Lipinski definition) is 7. The Labute approximate surface area is 247 Å². The summed E-state index contributed by atoms with van der Waals surface area (Å²) in [4.78, 5) is 69.3. The van der Waals surface area contributed by atoms with E-state index in [1.54, 1.807) is 27.7 Å². The minimum absolute atomic E-state index is 0.176. The highest BCUT2D eigenvalue weighted by molar-refractivity contribution is 5.98. The van der Waals surface area contributed by atoms with Gasteiger partial charge in [-0.3, -0.25) is 19.2 Å². The number of rotatable bonds is 10. The van der Waals surface area contributed by atoms with Crippen LogP contribution < -0.4 is 16.4 Å². The van der Waals surface area contributed by atoms with Crippen LogP contribution >= 0.6 is 0 Å². The zero-order valence-corrected chi connectivity index (χ0v) is 25.2. The monoisotopic (exact) mass is 587 g/mol. The van der Waals surface area contributed by atoms with Crippen molar-refractivity contribution in [2.24, 2.45) is 5.73 Å². The molecule has 12 heteroatoms. The molecule has 2 heterocycles. The number of primary amides is 1. The minimum atomic E-state index is -1.36. The lowest BCUT2D eigenvalue weighted by Crippen LogP contribution is -2.65. The molecule has 42 heavy (non-hydrogen) atoms. The van der Waals surface area contributed by atoms with Gasteiger partial charge in [-0.2, -0.15) is 0 Å². The Morgan fingerprint density at radius 1 is 1.10 bits per heavy atom. The molecule has 232 valence electrons. The third-order valence-electron chi connectivity index (χ3n) is 7.81. The number of likely N-dealkylation sites (tertiary alicyclic amines) is 2. The van der Waals surface area contributed by atoms with E-state index in [4.69, 9.17) is 10.5 Å². The molecule has 1 aromatic carbocycles. The van der Waals surface area contributed by atoms with Crippen LogP contribution in [0.15, 0.2) is 30.3 Å². The third kappa shape index (κ3) is 7.58. The van der Waals surface area contributed by atoms with E-state index in [0.29, 0.717) is 38.6 Å². The SMILES string of the molecule is CC[C@H](NC(=O)OC(C)(C)C)C(=O)N1CCC[C@H]1C(=O)N1CCCC1(Cc1ccccc1)C(=O)NC(C(N)=O)[C@@H](C)O. The fraction of sp³-hybridized carbons (Fsp3) is 0.633. The van der Waals surface area contributed by atoms with Crippen molar-refractivity contribution in [3.05, 3.63) is 35.9 Å². The summed E-state index contributed by atoms with van der Waals surface area (Å²) in [6.45, 7) is 8.91. The molecule has 2 unspecified atom stereocenters. The van der Waals surface area contributed by atoms with Crippen LogP contribution in [0.3, 0.4) is 0 Å². The smallest absolute Gasteiger partial charge is 0.408 e. The predicted molar refractivity (Wildman–Crippen MR) is 155 cm³/mol. The van der Waals surface area contributed by atoms with Crippen molar-refractivity contribution in [3.63, 3.8) is 0 Å². The Bertz CT molecular complexity index is 1150. The van der Waals surface area contributed by atoms with Crippen molar-refractivity contribution in [2.75, 3.05) is 13.1 Å². The molecule has 2 aliphatic rings. The van der Waals surface area contributed by atoms with Crippen LogP contribution in [0.5, 0.6) is 0 Å². The Morgan fingerprint density at radius 2 is 1.76 bits per heavy atom. The number of aliphatic hydroxyl groups is 1. The average molecular weight is 588 g/mol. The molecular weight excluding hydrogens is 542 g/mol. The van der Waals surface area contributed by atoms with Crippen molar-refractivity contribution < 1.29 is 33.8 Å². The summed E-state index contributed by atoms with van der Waals surface area (Å²) in [7, 11) is 0. The lowest BCUT2D eigenvalue weighted by Gasteiger charge is -2.41. The third-order valence-corrected chi connectivity index (χ3v) is 7.81. The van der Waals surface area contributed by atoms with E-state index in [1.165, 1.54) is 16.7 Å². The van der Waals surface area contributed by atoms with Crippen molar-refractivity contribution in [1.29, 1.82) is 0 Å². The van der Waals surface area contributed by atoms with Crippen molar-refractivity contribution in [3.8, 4) is 0 Å². The molecular formula is C30H45N5O7. The number of aliphatic hydroxyl groups excluding tert-OH is 1. The summed E-state index contributed by atoms with van der Waals surface area (Å²) in [6.07, 6.45) is 0.362. The number of nitrogens with one attached hydrogen (secondary N) is 2. The van der Waals surface area contributed by atoms with Gasteiger partial charge in [0.1, 0.15) is 29.3 Å². The van der Waals surface area contributed by atoms with Gasteiger partial charge in [-0.15, -0.1) is 0 Å². The first-order valence-electron chi connectivity index (χ1n) is 14.6. The lowest BCUT2D eigenvalue weighted by molar-refractivity contribution is -0.152. The molecule has 2 aliphatic heterocycles. The molecule has 2 fully saturated rings. The summed E-state index contributed by atoms with van der Waals surface area (Å²) in [5, 5.41) is 15.3. The highest BCUT2D eigenvalue weighted by atomic mass is 16.6. The molecule has 3 rings (SSSR count). The first kappa shape index (κ1) is 32.8. The number of carbonyl (C=O) groups excluding carboxylic acids is 5. The standard InChI is InChI=1S/C30H45N5O7/c1-6-21(32-28(41)42-29(3,4)5)25(38)34-16-10-14-22(34)26(39)35-17-11-15-30(35,18-20-12-8-7-9-13-20)27(40)33-23(19(2)36)24(31)37/h7-9,12-13,19,21-23,36H,6,10-11,14-18H2,1-5H3,(H2,31,37)(H,32,41)(H,33,40)/t19-,21+,22+,23?,30?/m1/s1. The second kappa shape index (κ2) is 13.5. The summed E-state index contributed by atoms with van der Waals surface area (Å²) < 4.78 is 5.32. The van der Waals surface area contributed by atoms with E-state index in [-0.39, 0.29) is 24.8 Å². The number of carbonyl (C=O) groups is 5. The van der Waals surface area contributed by atoms with Gasteiger partial charge in [-0.05, 0) is 65.4 Å². The molecule has 0 bridgehead atoms. The van der Waals surface area contributed by atoms with Crippen LogP contribution in [0.4, 0.5) is 4.79 Å². The largest absolute Gasteiger partial charge is 0.444 e. The number of alkyl carbamates (subject to hydrolysis) is 1. The number of nitrogens with zero attached hydrogens (tertiary/aromatic N) is 2. The zero-order valence-electron chi connectivity index (χ0n) is 25.2. The second-order valence-corrected chi connectivity index (χ2v) is 12.2. The van der Waals surface area contributed by atoms with Gasteiger partial charge in [0.2, 0.25) is 23.6 Å². The maximum atomic E-state index is 14.2. The predicted octanol–water partition coefficient (Wildman–Crippen LogP) is 1.24. The molecule has 5 N–H and O–H groups in total. The number of benzene rings is 1. The van der Waals surface area contributed by atoms with Crippen LogP contribution in [-0.2, 0) is 30.3 Å². The molecule has 1 aromatic rings. The number of ether oxygens (including phenoxy) is 1. The van der Waals surface area contributed by atoms with Crippen LogP contribution in [0, 0.1) is 0 Å². The normalized spacial score (nSPS) is 22.7. The second-order valence-electron chi connectivity index (χ2n) is 12.2. The molecule has 0 radical (unpaired) electrons. The molecule has 0 saturated carbocycles. The van der Waals surface area contributed by atoms with E-state index in [0.717, 1.165) is 5.56 Å². The molecule has 0 spiro atoms. The Hall–Kier alpha value is -3.67. The van der Waals surface area contributed by atoms with Gasteiger partial charge in [-0.1, -0.05) is 37.3 Å². The quantitative estimate of drug-likeness (QED) is 0.319. The van der Waals surface area contributed by atoms with Gasteiger partial charge < -0.3 is 36.0 Å². The van der Waals surface area contributed by atoms with Gasteiger partial charge in [0.15, 0.2) is 0 Å². The fourth-order valence-corrected chi connectivity index (χ4v) is 5.79. The van der Waals surface area contributed by atoms with E-state index in [2.05, 4.69) is 10.6 Å². The van der Waals surface area contributed by atoms with Gasteiger partial charge in [0.25, 0.3) is 0 Å². The number of nitrogens with two attached hydrogens (primary N) is 1. The molecule has 5 amide bonds. The first-order valence-corrected chi connectivity index (χ1v) is 14.6. The Balaban J connectivity index is 1.90. The number of amides is 5. The van der Waals surface area contributed by atoms with Crippen LogP contribution in [0.1, 0.15) is 72.3 Å². The van der Waals surface area contributed by atoms with E-state index in [1.807, 2.05) is 30.3 Å². The van der Waals surface area contributed by atoms with Gasteiger partial charge in [0, 0.05) is 19.5 Å². The van der Waals surface area contributed by atoms with Crippen LogP contribution in [0.25, 0.3) is 0 Å². The van der Waals surface area contributed by atoms with Gasteiger partial charge in [-0.25, -0.2) is 4.79 Å². The summed E-state index contributed by atoms with van der Waals surface area (Å²) >= 11 is 0. The maximum absolute atomic E-state index is 14.2. The molecule has 0 aliphatic carbocycles. The van der Waals surface area contributed by atoms with Crippen LogP contribution in [-0.4, -0.2) is 93.1 Å². The molecule has 5 atom stereocenters. The van der Waals surface area contributed by atoms with Crippen LogP contribution in [0.2, 0.25) is 0 Å². The van der Waals surface area contributed by atoms with E-state index < -0.39 is 53.3 Å². The molecule has 2 saturated heterocycles. The Morgan fingerprint density at radius 3 is 2.33 bits per heavy atom. The average Bonchev–Trinajstić information content (AvgIpc) is 3.57. The van der Waals surface area contributed by atoms with Gasteiger partial charge >= 0.3 is 6.09 Å². The van der Waals surface area contributed by atoms with Crippen molar-refractivity contribution in [1.82, 2.24) is 20.4 Å². The van der Waals surface area contributed by atoms with Gasteiger partial charge in [0.05, 0.1) is 6.10 Å². The van der Waals surface area contributed by atoms with E-state index >= 15 is 0 Å². The highest BCUT2D eigenvalue weighted by Crippen LogP contribution is 2.36. The summed E-state index contributed by atoms with van der Waals surface area (Å²) in [5.74, 6) is -2.24. The highest BCUT2D eigenvalue weighted by Gasteiger charge is 2.53.